The molecule has 0 atom stereocenters. The molecule has 0 fully saturated rings. The summed E-state index contributed by atoms with van der Waals surface area (Å²) in [6.45, 7) is 0.189. The number of nitrogens with one attached hydrogen (secondary N) is 1. The quantitative estimate of drug-likeness (QED) is 0.676. The smallest absolute Gasteiger partial charge is 0.291 e. The summed E-state index contributed by atoms with van der Waals surface area (Å²) in [7, 11) is 1.65. The van der Waals surface area contributed by atoms with E-state index in [1.807, 2.05) is 0 Å². The molecule has 0 aliphatic heterocycles. The van der Waals surface area contributed by atoms with E-state index in [1.54, 1.807) is 55.6 Å². The minimum Gasteiger partial charge on any atom is -0.484 e. The van der Waals surface area contributed by atoms with Crippen LogP contribution in [0.5, 0.6) is 5.75 Å². The molecule has 1 N–H and O–H groups in total. The molecule has 0 spiro atoms. The molecule has 1 heterocycles. The van der Waals surface area contributed by atoms with Crippen LogP contribution in [0.1, 0.15) is 16.1 Å². The van der Waals surface area contributed by atoms with Crippen molar-refractivity contribution < 1.29 is 23.1 Å². The molecule has 0 aliphatic carbocycles. The van der Waals surface area contributed by atoms with Crippen molar-refractivity contribution in [3.05, 3.63) is 84.1 Å². The van der Waals surface area contributed by atoms with Gasteiger partial charge in [-0.1, -0.05) is 18.2 Å². The van der Waals surface area contributed by atoms with Gasteiger partial charge in [-0.15, -0.1) is 0 Å². The second kappa shape index (κ2) is 8.85. The number of ether oxygens (including phenoxy) is 1. The molecule has 2 aromatic carbocycles. The van der Waals surface area contributed by atoms with Gasteiger partial charge in [0.2, 0.25) is 0 Å². The molecule has 144 valence electrons. The number of amides is 2. The van der Waals surface area contributed by atoms with Crippen LogP contribution < -0.4 is 10.1 Å². The summed E-state index contributed by atoms with van der Waals surface area (Å²) in [6.07, 6.45) is 1.42. The fourth-order valence-corrected chi connectivity index (χ4v) is 2.47. The molecule has 7 heteroatoms. The fraction of sp³-hybridized carbons (Fsp3) is 0.143. The Balaban J connectivity index is 1.53. The SMILES string of the molecule is CN(Cc1ccc(F)cc1)C(=O)COc1cccc(NC(=O)c2ccco2)c1. The highest BCUT2D eigenvalue weighted by Crippen LogP contribution is 2.18. The molecule has 0 unspecified atom stereocenters. The van der Waals surface area contributed by atoms with Crippen LogP contribution in [-0.4, -0.2) is 30.4 Å². The van der Waals surface area contributed by atoms with Crippen LogP contribution >= 0.6 is 0 Å². The van der Waals surface area contributed by atoms with E-state index in [1.165, 1.54) is 23.3 Å². The molecule has 6 nitrogen and oxygen atoms in total. The van der Waals surface area contributed by atoms with Crippen LogP contribution in [0.2, 0.25) is 0 Å². The third-order valence-electron chi connectivity index (χ3n) is 3.96. The summed E-state index contributed by atoms with van der Waals surface area (Å²) in [5.74, 6) is -0.281. The summed E-state index contributed by atoms with van der Waals surface area (Å²) < 4.78 is 23.5. The molecule has 0 aliphatic rings. The highest BCUT2D eigenvalue weighted by molar-refractivity contribution is 6.02. The summed E-state index contributed by atoms with van der Waals surface area (Å²) in [6, 6.07) is 15.9. The maximum absolute atomic E-state index is 13.0. The molecule has 0 saturated heterocycles. The largest absolute Gasteiger partial charge is 0.484 e. The first-order valence-corrected chi connectivity index (χ1v) is 8.57. The van der Waals surface area contributed by atoms with Gasteiger partial charge in [0.05, 0.1) is 6.26 Å². The highest BCUT2D eigenvalue weighted by Gasteiger charge is 2.12. The lowest BCUT2D eigenvalue weighted by Crippen LogP contribution is -2.30. The van der Waals surface area contributed by atoms with Crippen molar-refractivity contribution in [2.45, 2.75) is 6.54 Å². The van der Waals surface area contributed by atoms with Crippen LogP contribution in [0.3, 0.4) is 0 Å². The van der Waals surface area contributed by atoms with E-state index in [0.717, 1.165) is 5.56 Å². The van der Waals surface area contributed by atoms with Gasteiger partial charge < -0.3 is 19.4 Å². The maximum atomic E-state index is 13.0. The van der Waals surface area contributed by atoms with Crippen LogP contribution in [-0.2, 0) is 11.3 Å². The molecule has 1 aromatic heterocycles. The third-order valence-corrected chi connectivity index (χ3v) is 3.96. The second-order valence-corrected chi connectivity index (χ2v) is 6.12. The molecule has 3 rings (SSSR count). The molecule has 0 saturated carbocycles. The van der Waals surface area contributed by atoms with Crippen LogP contribution in [0.15, 0.2) is 71.3 Å². The van der Waals surface area contributed by atoms with Crippen molar-refractivity contribution in [3.8, 4) is 5.75 Å². The predicted octanol–water partition coefficient (Wildman–Crippen LogP) is 3.71. The Morgan fingerprint density at radius 1 is 1.11 bits per heavy atom. The predicted molar refractivity (Wildman–Crippen MR) is 101 cm³/mol. The topological polar surface area (TPSA) is 71.8 Å². The molecular weight excluding hydrogens is 363 g/mol. The number of likely N-dealkylation sites (N-methyl/N-ethyl adjacent to an activating group) is 1. The Labute approximate surface area is 161 Å². The number of anilines is 1. The van der Waals surface area contributed by atoms with Gasteiger partial charge in [-0.3, -0.25) is 9.59 Å². The zero-order valence-electron chi connectivity index (χ0n) is 15.2. The van der Waals surface area contributed by atoms with Crippen molar-refractivity contribution in [2.75, 3.05) is 19.0 Å². The summed E-state index contributed by atoms with van der Waals surface area (Å²) in [5, 5.41) is 2.69. The molecule has 3 aromatic rings. The summed E-state index contributed by atoms with van der Waals surface area (Å²) >= 11 is 0. The summed E-state index contributed by atoms with van der Waals surface area (Å²) in [5.41, 5.74) is 1.34. The average molecular weight is 382 g/mol. The fourth-order valence-electron chi connectivity index (χ4n) is 2.47. The first-order valence-electron chi connectivity index (χ1n) is 8.57. The Bertz CT molecular complexity index is 939. The van der Waals surface area contributed by atoms with Crippen LogP contribution in [0.4, 0.5) is 10.1 Å². The Kier molecular flexibility index (Phi) is 6.06. The van der Waals surface area contributed by atoms with E-state index in [0.29, 0.717) is 18.0 Å². The Morgan fingerprint density at radius 3 is 2.61 bits per heavy atom. The van der Waals surface area contributed by atoms with Crippen molar-refractivity contribution in [3.63, 3.8) is 0 Å². The normalized spacial score (nSPS) is 10.4. The van der Waals surface area contributed by atoms with Gasteiger partial charge in [-0.25, -0.2) is 4.39 Å². The lowest BCUT2D eigenvalue weighted by molar-refractivity contribution is -0.132. The minimum absolute atomic E-state index is 0.159. The van der Waals surface area contributed by atoms with E-state index in [9.17, 15) is 14.0 Å². The average Bonchev–Trinajstić information content (AvgIpc) is 3.23. The first-order chi connectivity index (χ1) is 13.5. The molecule has 28 heavy (non-hydrogen) atoms. The number of carbonyl (C=O) groups excluding carboxylic acids is 2. The van der Waals surface area contributed by atoms with Gasteiger partial charge in [0.25, 0.3) is 11.8 Å². The van der Waals surface area contributed by atoms with E-state index in [-0.39, 0.29) is 30.0 Å². The van der Waals surface area contributed by atoms with Crippen LogP contribution in [0.25, 0.3) is 0 Å². The van der Waals surface area contributed by atoms with Gasteiger partial charge in [0.1, 0.15) is 11.6 Å². The number of carbonyl (C=O) groups is 2. The van der Waals surface area contributed by atoms with Crippen molar-refractivity contribution in [1.29, 1.82) is 0 Å². The standard InChI is InChI=1S/C21H19FN2O4/c1-24(13-15-7-9-16(22)10-8-15)20(25)14-28-18-5-2-4-17(12-18)23-21(26)19-6-3-11-27-19/h2-12H,13-14H2,1H3,(H,23,26). The zero-order chi connectivity index (χ0) is 19.9. The maximum Gasteiger partial charge on any atom is 0.291 e. The van der Waals surface area contributed by atoms with E-state index in [4.69, 9.17) is 9.15 Å². The van der Waals surface area contributed by atoms with Gasteiger partial charge >= 0.3 is 0 Å². The van der Waals surface area contributed by atoms with Crippen molar-refractivity contribution in [2.24, 2.45) is 0 Å². The number of furan rings is 1. The molecule has 0 bridgehead atoms. The van der Waals surface area contributed by atoms with Crippen LogP contribution in [0, 0.1) is 5.82 Å². The van der Waals surface area contributed by atoms with E-state index in [2.05, 4.69) is 5.32 Å². The molecule has 0 radical (unpaired) electrons. The number of benzene rings is 2. The number of hydrogen-bond acceptors (Lipinski definition) is 4. The third kappa shape index (κ3) is 5.20. The zero-order valence-corrected chi connectivity index (χ0v) is 15.2. The second-order valence-electron chi connectivity index (χ2n) is 6.12. The van der Waals surface area contributed by atoms with Crippen molar-refractivity contribution in [1.82, 2.24) is 4.90 Å². The van der Waals surface area contributed by atoms with E-state index >= 15 is 0 Å². The first kappa shape index (κ1) is 19.2. The minimum atomic E-state index is -0.378. The summed E-state index contributed by atoms with van der Waals surface area (Å²) in [4.78, 5) is 25.8. The molecular formula is C21H19FN2O4. The van der Waals surface area contributed by atoms with Gasteiger partial charge in [0, 0.05) is 25.3 Å². The lowest BCUT2D eigenvalue weighted by Gasteiger charge is -2.17. The Morgan fingerprint density at radius 2 is 1.89 bits per heavy atom. The van der Waals surface area contributed by atoms with Crippen molar-refractivity contribution >= 4 is 17.5 Å². The number of rotatable bonds is 7. The highest BCUT2D eigenvalue weighted by atomic mass is 19.1. The van der Waals surface area contributed by atoms with Gasteiger partial charge in [-0.2, -0.15) is 0 Å². The number of nitrogens with zero attached hydrogens (tertiary/aromatic N) is 1. The van der Waals surface area contributed by atoms with Gasteiger partial charge in [-0.05, 0) is 42.0 Å². The number of halogens is 1. The Hall–Kier alpha value is -3.61. The molecule has 2 amide bonds. The monoisotopic (exact) mass is 382 g/mol. The van der Waals surface area contributed by atoms with E-state index < -0.39 is 0 Å². The van der Waals surface area contributed by atoms with Gasteiger partial charge in [0.15, 0.2) is 12.4 Å². The number of hydrogen-bond donors (Lipinski definition) is 1. The lowest BCUT2D eigenvalue weighted by atomic mass is 10.2.